The third-order valence-electron chi connectivity index (χ3n) is 3.19. The standard InChI is InChI=1S/C12H18N2O/c1-8-5-4-6-9-11(8)14(3)7-10(13-2)12(9)15/h4-6,10,12-13,15H,7H2,1-3H3. The number of hydrogen-bond donors (Lipinski definition) is 2. The Morgan fingerprint density at radius 2 is 2.20 bits per heavy atom. The summed E-state index contributed by atoms with van der Waals surface area (Å²) in [5.74, 6) is 0. The van der Waals surface area contributed by atoms with Gasteiger partial charge in [0.15, 0.2) is 0 Å². The molecule has 0 amide bonds. The van der Waals surface area contributed by atoms with Gasteiger partial charge in [-0.15, -0.1) is 0 Å². The number of nitrogens with zero attached hydrogens (tertiary/aromatic N) is 1. The Kier molecular flexibility index (Phi) is 2.67. The average molecular weight is 206 g/mol. The predicted molar refractivity (Wildman–Crippen MR) is 62.3 cm³/mol. The van der Waals surface area contributed by atoms with E-state index >= 15 is 0 Å². The molecule has 0 radical (unpaired) electrons. The molecule has 1 aliphatic heterocycles. The highest BCUT2D eigenvalue weighted by molar-refractivity contribution is 5.62. The number of rotatable bonds is 1. The zero-order chi connectivity index (χ0) is 11.0. The van der Waals surface area contributed by atoms with E-state index in [0.717, 1.165) is 12.1 Å². The maximum Gasteiger partial charge on any atom is 0.0980 e. The number of hydrogen-bond acceptors (Lipinski definition) is 3. The fraction of sp³-hybridized carbons (Fsp3) is 0.500. The SMILES string of the molecule is CNC1CN(C)c2c(C)cccc2C1O. The van der Waals surface area contributed by atoms with Crippen LogP contribution < -0.4 is 10.2 Å². The first-order valence-corrected chi connectivity index (χ1v) is 5.31. The molecule has 0 aromatic heterocycles. The third-order valence-corrected chi connectivity index (χ3v) is 3.19. The van der Waals surface area contributed by atoms with Crippen molar-refractivity contribution in [2.75, 3.05) is 25.5 Å². The second-order valence-electron chi connectivity index (χ2n) is 4.23. The minimum Gasteiger partial charge on any atom is -0.387 e. The highest BCUT2D eigenvalue weighted by Crippen LogP contribution is 2.35. The van der Waals surface area contributed by atoms with E-state index < -0.39 is 6.10 Å². The van der Waals surface area contributed by atoms with Gasteiger partial charge in [0.2, 0.25) is 0 Å². The lowest BCUT2D eigenvalue weighted by Crippen LogP contribution is -2.46. The van der Waals surface area contributed by atoms with Crippen molar-refractivity contribution < 1.29 is 5.11 Å². The fourth-order valence-corrected chi connectivity index (χ4v) is 2.39. The molecule has 0 bridgehead atoms. The maximum atomic E-state index is 10.2. The quantitative estimate of drug-likeness (QED) is 0.721. The topological polar surface area (TPSA) is 35.5 Å². The molecule has 15 heavy (non-hydrogen) atoms. The largest absolute Gasteiger partial charge is 0.387 e. The van der Waals surface area contributed by atoms with Crippen molar-refractivity contribution in [1.82, 2.24) is 5.32 Å². The molecule has 1 aliphatic rings. The molecule has 0 saturated carbocycles. The van der Waals surface area contributed by atoms with Gasteiger partial charge in [0.25, 0.3) is 0 Å². The van der Waals surface area contributed by atoms with Gasteiger partial charge in [-0.05, 0) is 19.5 Å². The zero-order valence-electron chi connectivity index (χ0n) is 9.49. The minimum absolute atomic E-state index is 0.115. The van der Waals surface area contributed by atoms with Crippen LogP contribution in [0.4, 0.5) is 5.69 Å². The van der Waals surface area contributed by atoms with Crippen LogP contribution >= 0.6 is 0 Å². The van der Waals surface area contributed by atoms with E-state index in [1.807, 2.05) is 19.2 Å². The number of aliphatic hydroxyl groups excluding tert-OH is 1. The molecular formula is C12H18N2O. The van der Waals surface area contributed by atoms with Gasteiger partial charge < -0.3 is 15.3 Å². The molecular weight excluding hydrogens is 188 g/mol. The summed E-state index contributed by atoms with van der Waals surface area (Å²) in [4.78, 5) is 2.21. The first-order chi connectivity index (χ1) is 7.15. The summed E-state index contributed by atoms with van der Waals surface area (Å²) < 4.78 is 0. The summed E-state index contributed by atoms with van der Waals surface area (Å²) in [5, 5.41) is 13.3. The van der Waals surface area contributed by atoms with Gasteiger partial charge >= 0.3 is 0 Å². The fourth-order valence-electron chi connectivity index (χ4n) is 2.39. The van der Waals surface area contributed by atoms with Gasteiger partial charge in [0.1, 0.15) is 0 Å². The number of anilines is 1. The van der Waals surface area contributed by atoms with Crippen molar-refractivity contribution in [3.63, 3.8) is 0 Å². The van der Waals surface area contributed by atoms with Gasteiger partial charge in [0.05, 0.1) is 12.1 Å². The molecule has 2 rings (SSSR count). The number of likely N-dealkylation sites (N-methyl/N-ethyl adjacent to an activating group) is 2. The summed E-state index contributed by atoms with van der Waals surface area (Å²) in [5.41, 5.74) is 3.43. The highest BCUT2D eigenvalue weighted by atomic mass is 16.3. The number of para-hydroxylation sites is 1. The second kappa shape index (κ2) is 3.83. The van der Waals surface area contributed by atoms with Crippen LogP contribution in [0, 0.1) is 6.92 Å². The Morgan fingerprint density at radius 3 is 2.87 bits per heavy atom. The summed E-state index contributed by atoms with van der Waals surface area (Å²) >= 11 is 0. The van der Waals surface area contributed by atoms with E-state index in [9.17, 15) is 5.11 Å². The smallest absolute Gasteiger partial charge is 0.0980 e. The molecule has 2 N–H and O–H groups in total. The van der Waals surface area contributed by atoms with Crippen molar-refractivity contribution in [1.29, 1.82) is 0 Å². The molecule has 2 unspecified atom stereocenters. The van der Waals surface area contributed by atoms with Crippen molar-refractivity contribution >= 4 is 5.69 Å². The average Bonchev–Trinajstić information content (AvgIpc) is 2.23. The number of benzene rings is 1. The van der Waals surface area contributed by atoms with Crippen LogP contribution in [0.5, 0.6) is 0 Å². The first-order valence-electron chi connectivity index (χ1n) is 5.31. The molecule has 3 heteroatoms. The Bertz CT molecular complexity index is 365. The monoisotopic (exact) mass is 206 g/mol. The molecule has 0 spiro atoms. The minimum atomic E-state index is -0.402. The summed E-state index contributed by atoms with van der Waals surface area (Å²) in [6.07, 6.45) is -0.402. The van der Waals surface area contributed by atoms with E-state index in [0.29, 0.717) is 0 Å². The first kappa shape index (κ1) is 10.5. The van der Waals surface area contributed by atoms with Crippen molar-refractivity contribution in [2.45, 2.75) is 19.1 Å². The van der Waals surface area contributed by atoms with Gasteiger partial charge in [0, 0.05) is 24.8 Å². The number of aryl methyl sites for hydroxylation is 1. The normalized spacial score (nSPS) is 25.2. The van der Waals surface area contributed by atoms with Gasteiger partial charge in [-0.2, -0.15) is 0 Å². The molecule has 82 valence electrons. The highest BCUT2D eigenvalue weighted by Gasteiger charge is 2.30. The van der Waals surface area contributed by atoms with E-state index in [-0.39, 0.29) is 6.04 Å². The summed E-state index contributed by atoms with van der Waals surface area (Å²) in [7, 11) is 3.96. The van der Waals surface area contributed by atoms with Crippen LogP contribution in [0.1, 0.15) is 17.2 Å². The number of aliphatic hydroxyl groups is 1. The number of nitrogens with one attached hydrogen (secondary N) is 1. The Labute approximate surface area is 90.7 Å². The van der Waals surface area contributed by atoms with Crippen molar-refractivity contribution in [3.05, 3.63) is 29.3 Å². The lowest BCUT2D eigenvalue weighted by molar-refractivity contribution is 0.129. The van der Waals surface area contributed by atoms with E-state index in [2.05, 4.69) is 30.3 Å². The molecule has 0 fully saturated rings. The Morgan fingerprint density at radius 1 is 1.47 bits per heavy atom. The van der Waals surface area contributed by atoms with Crippen LogP contribution in [-0.4, -0.2) is 31.8 Å². The van der Waals surface area contributed by atoms with E-state index in [4.69, 9.17) is 0 Å². The molecule has 1 heterocycles. The zero-order valence-corrected chi connectivity index (χ0v) is 9.49. The Balaban J connectivity index is 2.49. The Hall–Kier alpha value is -1.06. The van der Waals surface area contributed by atoms with Crippen molar-refractivity contribution in [2.24, 2.45) is 0 Å². The predicted octanol–water partition coefficient (Wildman–Crippen LogP) is 1.07. The molecule has 1 aromatic rings. The molecule has 0 saturated heterocycles. The molecule has 3 nitrogen and oxygen atoms in total. The van der Waals surface area contributed by atoms with Crippen LogP contribution in [0.2, 0.25) is 0 Å². The van der Waals surface area contributed by atoms with Gasteiger partial charge in [-0.1, -0.05) is 18.2 Å². The van der Waals surface area contributed by atoms with Crippen LogP contribution in [-0.2, 0) is 0 Å². The second-order valence-corrected chi connectivity index (χ2v) is 4.23. The van der Waals surface area contributed by atoms with E-state index in [1.165, 1.54) is 11.3 Å². The maximum absolute atomic E-state index is 10.2. The lowest BCUT2D eigenvalue weighted by atomic mass is 9.93. The van der Waals surface area contributed by atoms with Gasteiger partial charge in [-0.3, -0.25) is 0 Å². The molecule has 0 aliphatic carbocycles. The van der Waals surface area contributed by atoms with Crippen LogP contribution in [0.3, 0.4) is 0 Å². The van der Waals surface area contributed by atoms with Gasteiger partial charge in [-0.25, -0.2) is 0 Å². The molecule has 1 aromatic carbocycles. The summed E-state index contributed by atoms with van der Waals surface area (Å²) in [6, 6.07) is 6.21. The summed E-state index contributed by atoms with van der Waals surface area (Å²) in [6.45, 7) is 2.93. The lowest BCUT2D eigenvalue weighted by Gasteiger charge is -2.37. The van der Waals surface area contributed by atoms with Crippen LogP contribution in [0.25, 0.3) is 0 Å². The van der Waals surface area contributed by atoms with E-state index in [1.54, 1.807) is 0 Å². The third kappa shape index (κ3) is 1.62. The van der Waals surface area contributed by atoms with Crippen LogP contribution in [0.15, 0.2) is 18.2 Å². The number of fused-ring (bicyclic) bond motifs is 1. The molecule has 2 atom stereocenters. The van der Waals surface area contributed by atoms with Crippen molar-refractivity contribution in [3.8, 4) is 0 Å².